The van der Waals surface area contributed by atoms with Gasteiger partial charge in [0, 0.05) is 5.92 Å². The van der Waals surface area contributed by atoms with E-state index in [9.17, 15) is 4.79 Å². The van der Waals surface area contributed by atoms with Gasteiger partial charge < -0.3 is 0 Å². The number of carbonyl (C=O) groups is 1. The van der Waals surface area contributed by atoms with E-state index in [1.165, 1.54) is 0 Å². The van der Waals surface area contributed by atoms with E-state index in [0.717, 1.165) is 41.2 Å². The Morgan fingerprint density at radius 3 is 3.00 bits per heavy atom. The highest BCUT2D eigenvalue weighted by atomic mass is 32.1. The molecular formula is C10H11N3OS. The third-order valence-corrected chi connectivity index (χ3v) is 3.74. The number of nitrogens with zero attached hydrogens (tertiary/aromatic N) is 3. The van der Waals surface area contributed by atoms with E-state index < -0.39 is 0 Å². The van der Waals surface area contributed by atoms with Crippen LogP contribution >= 0.6 is 11.3 Å². The van der Waals surface area contributed by atoms with Gasteiger partial charge in [-0.3, -0.25) is 4.79 Å². The third kappa shape index (κ3) is 1.30. The second kappa shape index (κ2) is 3.13. The summed E-state index contributed by atoms with van der Waals surface area (Å²) in [7, 11) is 0. The molecule has 0 unspecified atom stereocenters. The Morgan fingerprint density at radius 1 is 1.60 bits per heavy atom. The first-order valence-electron chi connectivity index (χ1n) is 5.17. The van der Waals surface area contributed by atoms with Crippen molar-refractivity contribution in [2.45, 2.75) is 32.1 Å². The van der Waals surface area contributed by atoms with Crippen molar-refractivity contribution in [3.8, 4) is 0 Å². The zero-order chi connectivity index (χ0) is 10.4. The fraction of sp³-hybridized carbons (Fsp3) is 0.500. The molecule has 1 saturated carbocycles. The van der Waals surface area contributed by atoms with Crippen molar-refractivity contribution in [1.82, 2.24) is 14.6 Å². The van der Waals surface area contributed by atoms with Crippen LogP contribution in [0.3, 0.4) is 0 Å². The average molecular weight is 221 g/mol. The molecule has 1 aliphatic rings. The molecule has 0 amide bonds. The minimum absolute atomic E-state index is 0.504. The van der Waals surface area contributed by atoms with Crippen LogP contribution < -0.4 is 0 Å². The standard InChI is InChI=1S/C10H11N3OS/c1-2-8-12-13-7(5-14)9(6-3-4-6)11-10(13)15-8/h5-6H,2-4H2,1H3. The number of rotatable bonds is 3. The number of imidazole rings is 1. The predicted octanol–water partition coefficient (Wildman–Crippen LogP) is 2.04. The van der Waals surface area contributed by atoms with E-state index in [1.807, 2.05) is 0 Å². The van der Waals surface area contributed by atoms with Gasteiger partial charge in [-0.2, -0.15) is 9.61 Å². The molecule has 3 rings (SSSR count). The normalized spacial score (nSPS) is 16.1. The average Bonchev–Trinajstić information content (AvgIpc) is 2.91. The molecule has 0 atom stereocenters. The molecule has 0 saturated heterocycles. The van der Waals surface area contributed by atoms with Crippen molar-refractivity contribution in [3.63, 3.8) is 0 Å². The van der Waals surface area contributed by atoms with Crippen LogP contribution in [-0.4, -0.2) is 20.9 Å². The molecule has 0 radical (unpaired) electrons. The molecule has 78 valence electrons. The molecule has 2 heterocycles. The van der Waals surface area contributed by atoms with E-state index >= 15 is 0 Å². The van der Waals surface area contributed by atoms with Crippen molar-refractivity contribution < 1.29 is 4.79 Å². The van der Waals surface area contributed by atoms with Gasteiger partial charge in [0.25, 0.3) is 0 Å². The summed E-state index contributed by atoms with van der Waals surface area (Å²) in [5.74, 6) is 0.504. The Bertz CT molecular complexity index is 524. The zero-order valence-corrected chi connectivity index (χ0v) is 9.25. The number of hydrogen-bond donors (Lipinski definition) is 0. The maximum absolute atomic E-state index is 11.0. The molecule has 15 heavy (non-hydrogen) atoms. The van der Waals surface area contributed by atoms with Crippen LogP contribution in [0.1, 0.15) is 46.9 Å². The molecule has 0 spiro atoms. The Labute approximate surface area is 90.9 Å². The molecule has 4 nitrogen and oxygen atoms in total. The third-order valence-electron chi connectivity index (χ3n) is 2.69. The molecule has 0 N–H and O–H groups in total. The fourth-order valence-corrected chi connectivity index (χ4v) is 2.58. The first-order valence-corrected chi connectivity index (χ1v) is 5.98. The summed E-state index contributed by atoms with van der Waals surface area (Å²) in [6, 6.07) is 0. The highest BCUT2D eigenvalue weighted by Gasteiger charge is 2.30. The zero-order valence-electron chi connectivity index (χ0n) is 8.43. The van der Waals surface area contributed by atoms with Crippen LogP contribution in [-0.2, 0) is 6.42 Å². The SMILES string of the molecule is CCc1nn2c(C=O)c(C3CC3)nc2s1. The van der Waals surface area contributed by atoms with Gasteiger partial charge >= 0.3 is 0 Å². The van der Waals surface area contributed by atoms with Crippen LogP contribution in [0.5, 0.6) is 0 Å². The molecular weight excluding hydrogens is 210 g/mol. The fourth-order valence-electron chi connectivity index (χ4n) is 1.73. The number of aryl methyl sites for hydroxylation is 1. The maximum Gasteiger partial charge on any atom is 0.213 e. The summed E-state index contributed by atoms with van der Waals surface area (Å²) < 4.78 is 1.70. The molecule has 5 heteroatoms. The molecule has 1 fully saturated rings. The first kappa shape index (κ1) is 9.03. The lowest BCUT2D eigenvalue weighted by Gasteiger charge is -1.91. The summed E-state index contributed by atoms with van der Waals surface area (Å²) >= 11 is 1.57. The van der Waals surface area contributed by atoms with E-state index in [-0.39, 0.29) is 0 Å². The lowest BCUT2D eigenvalue weighted by molar-refractivity contribution is 0.111. The summed E-state index contributed by atoms with van der Waals surface area (Å²) in [4.78, 5) is 16.4. The first-order chi connectivity index (χ1) is 7.33. The number of aromatic nitrogens is 3. The second-order valence-electron chi connectivity index (χ2n) is 3.82. The van der Waals surface area contributed by atoms with Crippen LogP contribution in [0.2, 0.25) is 0 Å². The molecule has 0 aliphatic heterocycles. The van der Waals surface area contributed by atoms with Crippen LogP contribution in [0, 0.1) is 0 Å². The molecule has 1 aliphatic carbocycles. The Morgan fingerprint density at radius 2 is 2.40 bits per heavy atom. The Balaban J connectivity index is 2.21. The van der Waals surface area contributed by atoms with E-state index in [2.05, 4.69) is 17.0 Å². The lowest BCUT2D eigenvalue weighted by atomic mass is 10.2. The van der Waals surface area contributed by atoms with E-state index in [4.69, 9.17) is 0 Å². The number of aldehydes is 1. The van der Waals surface area contributed by atoms with Crippen LogP contribution in [0.25, 0.3) is 4.96 Å². The summed E-state index contributed by atoms with van der Waals surface area (Å²) in [6.07, 6.45) is 4.09. The van der Waals surface area contributed by atoms with Gasteiger partial charge in [-0.15, -0.1) is 0 Å². The number of carbonyl (C=O) groups excluding carboxylic acids is 1. The van der Waals surface area contributed by atoms with E-state index in [0.29, 0.717) is 11.6 Å². The van der Waals surface area contributed by atoms with Gasteiger partial charge in [0.2, 0.25) is 4.96 Å². The maximum atomic E-state index is 11.0. The predicted molar refractivity (Wildman–Crippen MR) is 57.6 cm³/mol. The van der Waals surface area contributed by atoms with Gasteiger partial charge in [0.1, 0.15) is 10.7 Å². The van der Waals surface area contributed by atoms with Crippen LogP contribution in [0.4, 0.5) is 0 Å². The summed E-state index contributed by atoms with van der Waals surface area (Å²) in [6.45, 7) is 2.06. The lowest BCUT2D eigenvalue weighted by Crippen LogP contribution is -1.96. The highest BCUT2D eigenvalue weighted by molar-refractivity contribution is 7.16. The quantitative estimate of drug-likeness (QED) is 0.745. The molecule has 2 aromatic rings. The van der Waals surface area contributed by atoms with Crippen molar-refractivity contribution in [2.75, 3.05) is 0 Å². The minimum atomic E-state index is 0.504. The molecule has 0 aromatic carbocycles. The molecule has 2 aromatic heterocycles. The second-order valence-corrected chi connectivity index (χ2v) is 4.86. The Kier molecular flexibility index (Phi) is 1.88. The minimum Gasteiger partial charge on any atom is -0.296 e. The highest BCUT2D eigenvalue weighted by Crippen LogP contribution is 2.41. The summed E-state index contributed by atoms with van der Waals surface area (Å²) in [5, 5.41) is 5.40. The van der Waals surface area contributed by atoms with Crippen LogP contribution in [0.15, 0.2) is 0 Å². The van der Waals surface area contributed by atoms with Gasteiger partial charge in [0.05, 0.1) is 5.69 Å². The van der Waals surface area contributed by atoms with E-state index in [1.54, 1.807) is 15.9 Å². The topological polar surface area (TPSA) is 47.3 Å². The summed E-state index contributed by atoms with van der Waals surface area (Å²) in [5.41, 5.74) is 1.61. The smallest absolute Gasteiger partial charge is 0.213 e. The van der Waals surface area contributed by atoms with Crippen molar-refractivity contribution in [1.29, 1.82) is 0 Å². The van der Waals surface area contributed by atoms with Crippen molar-refractivity contribution in [2.24, 2.45) is 0 Å². The molecule has 0 bridgehead atoms. The largest absolute Gasteiger partial charge is 0.296 e. The van der Waals surface area contributed by atoms with Gasteiger partial charge in [-0.05, 0) is 19.3 Å². The van der Waals surface area contributed by atoms with Crippen molar-refractivity contribution >= 4 is 22.6 Å². The Hall–Kier alpha value is -1.23. The van der Waals surface area contributed by atoms with Gasteiger partial charge in [-0.25, -0.2) is 4.98 Å². The van der Waals surface area contributed by atoms with Gasteiger partial charge in [-0.1, -0.05) is 18.3 Å². The monoisotopic (exact) mass is 221 g/mol. The van der Waals surface area contributed by atoms with Gasteiger partial charge in [0.15, 0.2) is 6.29 Å². The number of fused-ring (bicyclic) bond motifs is 1. The number of hydrogen-bond acceptors (Lipinski definition) is 4. The van der Waals surface area contributed by atoms with Crippen molar-refractivity contribution in [3.05, 3.63) is 16.4 Å².